The molecule has 3 saturated heterocycles. The molecule has 3 aliphatic rings. The Kier molecular flexibility index (Phi) is 9.31. The van der Waals surface area contributed by atoms with Crippen molar-refractivity contribution in [3.63, 3.8) is 0 Å². The van der Waals surface area contributed by atoms with E-state index in [4.69, 9.17) is 24.1 Å². The molecule has 3 heterocycles. The van der Waals surface area contributed by atoms with Gasteiger partial charge in [0.25, 0.3) is 0 Å². The van der Waals surface area contributed by atoms with Gasteiger partial charge in [-0.05, 0) is 31.9 Å². The van der Waals surface area contributed by atoms with E-state index in [-0.39, 0.29) is 18.9 Å². The van der Waals surface area contributed by atoms with Gasteiger partial charge in [0.05, 0.1) is 30.6 Å². The molecule has 2 aromatic rings. The van der Waals surface area contributed by atoms with Crippen LogP contribution in [0.1, 0.15) is 70.4 Å². The Labute approximate surface area is 236 Å². The molecule has 2 bridgehead atoms. The van der Waals surface area contributed by atoms with E-state index in [2.05, 4.69) is 0 Å². The highest BCUT2D eigenvalue weighted by atomic mass is 16.7. The lowest BCUT2D eigenvalue weighted by Gasteiger charge is -2.47. The Morgan fingerprint density at radius 3 is 1.80 bits per heavy atom. The van der Waals surface area contributed by atoms with Gasteiger partial charge in [0.2, 0.25) is 5.60 Å². The van der Waals surface area contributed by atoms with Gasteiger partial charge in [-0.15, -0.1) is 0 Å². The van der Waals surface area contributed by atoms with Gasteiger partial charge in [-0.2, -0.15) is 0 Å². The largest absolute Gasteiger partial charge is 0.554 e. The lowest BCUT2D eigenvalue weighted by molar-refractivity contribution is -0.956. The van der Waals surface area contributed by atoms with Gasteiger partial charge in [0, 0.05) is 45.0 Å². The maximum atomic E-state index is 14.3. The van der Waals surface area contributed by atoms with E-state index in [1.54, 1.807) is 20.8 Å². The number of hydrogen-bond acceptors (Lipinski definition) is 7. The molecule has 0 aliphatic carbocycles. The highest BCUT2D eigenvalue weighted by Crippen LogP contribution is 2.47. The summed E-state index contributed by atoms with van der Waals surface area (Å²) in [7, 11) is 0. The SMILES string of the molecule is CC(C)(C)C(=O)OCOC(C(=O)OC1CC2CCC(C1)[N+]21CCCC1)(c1ccccc1)c1ccccc1.O=C[O-]. The first-order valence-electron chi connectivity index (χ1n) is 14.2. The summed E-state index contributed by atoms with van der Waals surface area (Å²) in [5.74, 6) is -0.838. The lowest BCUT2D eigenvalue weighted by Crippen LogP contribution is -2.60. The summed E-state index contributed by atoms with van der Waals surface area (Å²) in [6.45, 7) is 7.06. The van der Waals surface area contributed by atoms with E-state index in [0.29, 0.717) is 23.2 Å². The van der Waals surface area contributed by atoms with Crippen molar-refractivity contribution < 1.29 is 38.2 Å². The summed E-state index contributed by atoms with van der Waals surface area (Å²) in [6, 6.07) is 20.0. The van der Waals surface area contributed by atoms with Crippen molar-refractivity contribution in [1.29, 1.82) is 0 Å². The molecule has 5 rings (SSSR count). The summed E-state index contributed by atoms with van der Waals surface area (Å²) in [6.07, 6.45) is 6.73. The van der Waals surface area contributed by atoms with Crippen molar-refractivity contribution >= 4 is 18.4 Å². The monoisotopic (exact) mass is 551 g/mol. The number of quaternary nitrogens is 1. The second-order valence-corrected chi connectivity index (χ2v) is 12.1. The third kappa shape index (κ3) is 5.93. The summed E-state index contributed by atoms with van der Waals surface area (Å²) in [5.41, 5.74) is -0.918. The third-order valence-corrected chi connectivity index (χ3v) is 8.76. The molecule has 0 saturated carbocycles. The minimum atomic E-state index is -1.54. The Hall–Kier alpha value is -3.23. The minimum Gasteiger partial charge on any atom is -0.554 e. The zero-order valence-electron chi connectivity index (χ0n) is 23.8. The number of ether oxygens (including phenoxy) is 3. The van der Waals surface area contributed by atoms with Gasteiger partial charge in [0.15, 0.2) is 6.79 Å². The van der Waals surface area contributed by atoms with Crippen molar-refractivity contribution in [2.45, 2.75) is 83.1 Å². The third-order valence-electron chi connectivity index (χ3n) is 8.76. The molecule has 40 heavy (non-hydrogen) atoms. The maximum Gasteiger partial charge on any atom is 0.348 e. The predicted molar refractivity (Wildman–Crippen MR) is 146 cm³/mol. The van der Waals surface area contributed by atoms with Crippen LogP contribution in [-0.4, -0.2) is 61.0 Å². The van der Waals surface area contributed by atoms with Crippen LogP contribution in [0.15, 0.2) is 60.7 Å². The Morgan fingerprint density at radius 1 is 0.875 bits per heavy atom. The fourth-order valence-electron chi connectivity index (χ4n) is 6.90. The summed E-state index contributed by atoms with van der Waals surface area (Å²) in [4.78, 5) is 35.0. The number of nitrogens with zero attached hydrogens (tertiary/aromatic N) is 1. The highest BCUT2D eigenvalue weighted by molar-refractivity contribution is 5.86. The van der Waals surface area contributed by atoms with Gasteiger partial charge in [-0.25, -0.2) is 4.79 Å². The number of carbonyl (C=O) groups is 3. The average Bonchev–Trinajstić information content (AvgIpc) is 3.48. The number of rotatable bonds is 7. The van der Waals surface area contributed by atoms with Crippen LogP contribution in [0, 0.1) is 5.41 Å². The molecule has 2 unspecified atom stereocenters. The molecule has 0 amide bonds. The molecule has 2 atom stereocenters. The quantitative estimate of drug-likeness (QED) is 0.224. The Bertz CT molecular complexity index is 1080. The van der Waals surface area contributed by atoms with Gasteiger partial charge in [0.1, 0.15) is 6.10 Å². The van der Waals surface area contributed by atoms with Crippen LogP contribution in [0.4, 0.5) is 0 Å². The number of carboxylic acid groups (broad SMARTS) is 1. The van der Waals surface area contributed by atoms with Crippen LogP contribution < -0.4 is 5.11 Å². The van der Waals surface area contributed by atoms with Crippen molar-refractivity contribution in [2.24, 2.45) is 5.41 Å². The second-order valence-electron chi connectivity index (χ2n) is 12.1. The molecule has 3 fully saturated rings. The molecule has 0 aromatic heterocycles. The van der Waals surface area contributed by atoms with Crippen LogP contribution in [0.25, 0.3) is 0 Å². The van der Waals surface area contributed by atoms with Gasteiger partial charge in [-0.3, -0.25) is 4.79 Å². The predicted octanol–water partition coefficient (Wildman–Crippen LogP) is 3.71. The first kappa shape index (κ1) is 29.7. The molecular formula is C32H41NO7. The van der Waals surface area contributed by atoms with Crippen LogP contribution in [-0.2, 0) is 34.2 Å². The summed E-state index contributed by atoms with van der Waals surface area (Å²) in [5, 5.41) is 8.25. The molecule has 2 aromatic carbocycles. The molecule has 3 aliphatic heterocycles. The highest BCUT2D eigenvalue weighted by Gasteiger charge is 2.57. The number of carbonyl (C=O) groups excluding carboxylic acids is 3. The average molecular weight is 552 g/mol. The molecule has 216 valence electrons. The Balaban J connectivity index is 0.00000118. The maximum absolute atomic E-state index is 14.3. The normalized spacial score (nSPS) is 23.1. The number of benzene rings is 2. The van der Waals surface area contributed by atoms with Crippen molar-refractivity contribution in [1.82, 2.24) is 0 Å². The molecule has 8 nitrogen and oxygen atoms in total. The van der Waals surface area contributed by atoms with Crippen LogP contribution in [0.5, 0.6) is 0 Å². The zero-order valence-corrected chi connectivity index (χ0v) is 23.8. The van der Waals surface area contributed by atoms with E-state index in [1.165, 1.54) is 43.3 Å². The van der Waals surface area contributed by atoms with Crippen molar-refractivity contribution in [3.8, 4) is 0 Å². The topological polar surface area (TPSA) is 102 Å². The zero-order chi connectivity index (χ0) is 28.8. The summed E-state index contributed by atoms with van der Waals surface area (Å²) < 4.78 is 19.4. The van der Waals surface area contributed by atoms with Crippen LogP contribution >= 0.6 is 0 Å². The minimum absolute atomic E-state index is 0.137. The second kappa shape index (κ2) is 12.5. The van der Waals surface area contributed by atoms with Gasteiger partial charge in [-0.1, -0.05) is 60.7 Å². The fourth-order valence-corrected chi connectivity index (χ4v) is 6.90. The van der Waals surface area contributed by atoms with Crippen LogP contribution in [0.2, 0.25) is 0 Å². The Morgan fingerprint density at radius 2 is 1.35 bits per heavy atom. The molecule has 1 spiro atoms. The van der Waals surface area contributed by atoms with E-state index in [0.717, 1.165) is 12.8 Å². The molecular weight excluding hydrogens is 510 g/mol. The summed E-state index contributed by atoms with van der Waals surface area (Å²) >= 11 is 0. The number of esters is 2. The van der Waals surface area contributed by atoms with Crippen molar-refractivity contribution in [2.75, 3.05) is 19.9 Å². The van der Waals surface area contributed by atoms with E-state index < -0.39 is 23.5 Å². The smallest absolute Gasteiger partial charge is 0.348 e. The first-order chi connectivity index (χ1) is 19.2. The molecule has 0 radical (unpaired) electrons. The van der Waals surface area contributed by atoms with E-state index in [1.807, 2.05) is 60.7 Å². The van der Waals surface area contributed by atoms with Gasteiger partial charge >= 0.3 is 11.9 Å². The number of hydrogen-bond donors (Lipinski definition) is 0. The van der Waals surface area contributed by atoms with Crippen LogP contribution in [0.3, 0.4) is 0 Å². The lowest BCUT2D eigenvalue weighted by atomic mass is 9.85. The van der Waals surface area contributed by atoms with E-state index in [9.17, 15) is 9.59 Å². The first-order valence-corrected chi connectivity index (χ1v) is 14.2. The fraction of sp³-hybridized carbons (Fsp3) is 0.531. The standard InChI is InChI=1S/C31H40NO5.CH2O2/c1-30(2,3)28(33)35-22-36-31(23-12-6-4-7-13-23,24-14-8-5-9-15-24)29(34)37-27-20-25-16-17-26(21-27)32(25)18-10-11-19-32;2-1-3/h4-9,12-15,25-27H,10-11,16-22H2,1-3H3;1H,(H,2,3)/q+1;/p-1. The van der Waals surface area contributed by atoms with Gasteiger partial charge < -0.3 is 28.6 Å². The molecule has 8 heteroatoms. The molecule has 0 N–H and O–H groups in total. The van der Waals surface area contributed by atoms with Crippen molar-refractivity contribution in [3.05, 3.63) is 71.8 Å². The van der Waals surface area contributed by atoms with E-state index >= 15 is 0 Å². The number of piperidine rings is 1.